The van der Waals surface area contributed by atoms with Gasteiger partial charge in [-0.2, -0.15) is 0 Å². The number of unbranched alkanes of at least 4 members (excludes halogenated alkanes) is 3. The average Bonchev–Trinajstić information content (AvgIpc) is 2.58. The van der Waals surface area contributed by atoms with Crippen LogP contribution < -0.4 is 4.74 Å². The molecule has 0 aliphatic rings. The fourth-order valence-electron chi connectivity index (χ4n) is 2.31. The molecule has 114 valence electrons. The average molecular weight is 295 g/mol. The van der Waals surface area contributed by atoms with Gasteiger partial charge in [0.2, 0.25) is 0 Å². The van der Waals surface area contributed by atoms with Crippen LogP contribution in [0.3, 0.4) is 0 Å². The van der Waals surface area contributed by atoms with Gasteiger partial charge in [0, 0.05) is 17.0 Å². The van der Waals surface area contributed by atoms with Crippen LogP contribution in [-0.2, 0) is 0 Å². The van der Waals surface area contributed by atoms with Gasteiger partial charge in [-0.15, -0.1) is 0 Å². The number of benzene rings is 2. The van der Waals surface area contributed by atoms with Gasteiger partial charge in [0.1, 0.15) is 5.75 Å². The van der Waals surface area contributed by atoms with Gasteiger partial charge in [0.15, 0.2) is 0 Å². The van der Waals surface area contributed by atoms with E-state index in [-0.39, 0.29) is 0 Å². The summed E-state index contributed by atoms with van der Waals surface area (Å²) < 4.78 is 5.94. The van der Waals surface area contributed by atoms with E-state index >= 15 is 0 Å². The summed E-state index contributed by atoms with van der Waals surface area (Å²) in [5.74, 6) is 0.933. The number of hydrogen-bond donors (Lipinski definition) is 0. The van der Waals surface area contributed by atoms with Crippen LogP contribution in [0.2, 0.25) is 0 Å². The van der Waals surface area contributed by atoms with Gasteiger partial charge in [-0.25, -0.2) is 0 Å². The second kappa shape index (κ2) is 9.48. The summed E-state index contributed by atoms with van der Waals surface area (Å²) in [5.41, 5.74) is 10.5. The molecular formula is C18H21N3O. The third-order valence-corrected chi connectivity index (χ3v) is 3.45. The number of hydrogen-bond acceptors (Lipinski definition) is 2. The lowest BCUT2D eigenvalue weighted by Gasteiger charge is -2.11. The van der Waals surface area contributed by atoms with Crippen LogP contribution >= 0.6 is 0 Å². The van der Waals surface area contributed by atoms with Crippen LogP contribution in [0.5, 0.6) is 5.75 Å². The molecule has 2 rings (SSSR count). The molecule has 0 heterocycles. The minimum absolute atomic E-state index is 0.591. The first-order valence-corrected chi connectivity index (χ1v) is 7.70. The topological polar surface area (TPSA) is 58.0 Å². The molecule has 0 amide bonds. The second-order valence-electron chi connectivity index (χ2n) is 5.08. The normalized spacial score (nSPS) is 10.0. The molecule has 0 fully saturated rings. The molecule has 4 heteroatoms. The maximum absolute atomic E-state index is 8.19. The summed E-state index contributed by atoms with van der Waals surface area (Å²) in [4.78, 5) is 2.75. The van der Waals surface area contributed by atoms with Crippen molar-refractivity contribution < 1.29 is 4.74 Å². The van der Waals surface area contributed by atoms with Crippen molar-refractivity contribution in [2.75, 3.05) is 13.2 Å². The molecule has 0 bridgehead atoms. The highest BCUT2D eigenvalue weighted by Crippen LogP contribution is 2.29. The molecule has 0 spiro atoms. The summed E-state index contributed by atoms with van der Waals surface area (Å²) in [7, 11) is 0. The highest BCUT2D eigenvalue weighted by atomic mass is 16.5. The van der Waals surface area contributed by atoms with Crippen molar-refractivity contribution in [1.82, 2.24) is 0 Å². The Bertz CT molecular complexity index is 607. The second-order valence-corrected chi connectivity index (χ2v) is 5.08. The number of azide groups is 1. The first-order chi connectivity index (χ1) is 10.9. The maximum atomic E-state index is 8.19. The maximum Gasteiger partial charge on any atom is 0.127 e. The van der Waals surface area contributed by atoms with Gasteiger partial charge in [-0.3, -0.25) is 0 Å². The van der Waals surface area contributed by atoms with Gasteiger partial charge in [0.25, 0.3) is 0 Å². The third-order valence-electron chi connectivity index (χ3n) is 3.45. The number of rotatable bonds is 9. The van der Waals surface area contributed by atoms with Crippen LogP contribution in [0.1, 0.15) is 25.7 Å². The standard InChI is InChI=1S/C18H21N3O/c19-21-20-14-8-1-2-9-15-22-18-13-7-6-12-17(18)16-10-4-3-5-11-16/h3-7,10-13H,1-2,8-9,14-15H2. The molecular weight excluding hydrogens is 274 g/mol. The van der Waals surface area contributed by atoms with E-state index in [0.717, 1.165) is 37.0 Å². The van der Waals surface area contributed by atoms with Crippen LogP contribution in [0, 0.1) is 0 Å². The van der Waals surface area contributed by atoms with E-state index in [9.17, 15) is 0 Å². The Balaban J connectivity index is 1.80. The quantitative estimate of drug-likeness (QED) is 0.257. The molecule has 4 nitrogen and oxygen atoms in total. The monoisotopic (exact) mass is 295 g/mol. The first kappa shape index (κ1) is 15.9. The number of ether oxygens (including phenoxy) is 1. The van der Waals surface area contributed by atoms with E-state index < -0.39 is 0 Å². The van der Waals surface area contributed by atoms with Gasteiger partial charge in [-0.1, -0.05) is 66.5 Å². The molecule has 0 aromatic heterocycles. The highest BCUT2D eigenvalue weighted by molar-refractivity contribution is 5.70. The molecule has 0 saturated heterocycles. The Kier molecular flexibility index (Phi) is 6.86. The molecule has 0 N–H and O–H groups in total. The largest absolute Gasteiger partial charge is 0.493 e. The Hall–Kier alpha value is -2.45. The van der Waals surface area contributed by atoms with Gasteiger partial charge < -0.3 is 4.74 Å². The lowest BCUT2D eigenvalue weighted by molar-refractivity contribution is 0.306. The van der Waals surface area contributed by atoms with E-state index in [1.807, 2.05) is 36.4 Å². The van der Waals surface area contributed by atoms with Crippen molar-refractivity contribution in [1.29, 1.82) is 0 Å². The van der Waals surface area contributed by atoms with Crippen LogP contribution in [-0.4, -0.2) is 13.2 Å². The Labute approximate surface area is 131 Å². The zero-order valence-corrected chi connectivity index (χ0v) is 12.7. The summed E-state index contributed by atoms with van der Waals surface area (Å²) in [6, 6.07) is 18.4. The molecule has 0 aliphatic heterocycles. The number of para-hydroxylation sites is 1. The molecule has 2 aromatic carbocycles. The van der Waals surface area contributed by atoms with Crippen molar-refractivity contribution in [2.24, 2.45) is 5.11 Å². The minimum atomic E-state index is 0.591. The molecule has 0 saturated carbocycles. The first-order valence-electron chi connectivity index (χ1n) is 7.70. The van der Waals surface area contributed by atoms with Crippen LogP contribution in [0.15, 0.2) is 59.7 Å². The SMILES string of the molecule is [N-]=[N+]=NCCCCCCOc1ccccc1-c1ccccc1. The molecule has 0 atom stereocenters. The smallest absolute Gasteiger partial charge is 0.127 e. The highest BCUT2D eigenvalue weighted by Gasteiger charge is 2.04. The fraction of sp³-hybridized carbons (Fsp3) is 0.333. The molecule has 0 unspecified atom stereocenters. The van der Waals surface area contributed by atoms with Gasteiger partial charge >= 0.3 is 0 Å². The Morgan fingerprint density at radius 3 is 2.41 bits per heavy atom. The Morgan fingerprint density at radius 1 is 0.864 bits per heavy atom. The number of nitrogens with zero attached hydrogens (tertiary/aromatic N) is 3. The van der Waals surface area contributed by atoms with E-state index in [2.05, 4.69) is 28.2 Å². The van der Waals surface area contributed by atoms with Crippen LogP contribution in [0.25, 0.3) is 21.6 Å². The van der Waals surface area contributed by atoms with E-state index in [0.29, 0.717) is 13.2 Å². The van der Waals surface area contributed by atoms with Crippen molar-refractivity contribution in [3.63, 3.8) is 0 Å². The van der Waals surface area contributed by atoms with Crippen molar-refractivity contribution in [3.05, 3.63) is 65.0 Å². The summed E-state index contributed by atoms with van der Waals surface area (Å²) in [5, 5.41) is 3.53. The van der Waals surface area contributed by atoms with Crippen molar-refractivity contribution >= 4 is 0 Å². The lowest BCUT2D eigenvalue weighted by Crippen LogP contribution is -1.99. The zero-order chi connectivity index (χ0) is 15.5. The zero-order valence-electron chi connectivity index (χ0n) is 12.7. The van der Waals surface area contributed by atoms with Crippen LogP contribution in [0.4, 0.5) is 0 Å². The predicted octanol–water partition coefficient (Wildman–Crippen LogP) is 5.60. The van der Waals surface area contributed by atoms with Gasteiger partial charge in [-0.05, 0) is 30.0 Å². The van der Waals surface area contributed by atoms with E-state index in [1.165, 1.54) is 5.56 Å². The van der Waals surface area contributed by atoms with E-state index in [4.69, 9.17) is 10.3 Å². The molecule has 2 aromatic rings. The summed E-state index contributed by atoms with van der Waals surface area (Å²) in [6.07, 6.45) is 4.13. The summed E-state index contributed by atoms with van der Waals surface area (Å²) >= 11 is 0. The van der Waals surface area contributed by atoms with E-state index in [1.54, 1.807) is 0 Å². The minimum Gasteiger partial charge on any atom is -0.493 e. The van der Waals surface area contributed by atoms with Crippen molar-refractivity contribution in [2.45, 2.75) is 25.7 Å². The summed E-state index contributed by atoms with van der Waals surface area (Å²) in [6.45, 7) is 1.31. The molecule has 22 heavy (non-hydrogen) atoms. The van der Waals surface area contributed by atoms with Gasteiger partial charge in [0.05, 0.1) is 6.61 Å². The Morgan fingerprint density at radius 2 is 1.59 bits per heavy atom. The molecule has 0 aliphatic carbocycles. The third kappa shape index (κ3) is 5.15. The fourth-order valence-corrected chi connectivity index (χ4v) is 2.31. The van der Waals surface area contributed by atoms with Crippen molar-refractivity contribution in [3.8, 4) is 16.9 Å². The lowest BCUT2D eigenvalue weighted by atomic mass is 10.1. The molecule has 0 radical (unpaired) electrons. The predicted molar refractivity (Wildman–Crippen MR) is 89.9 cm³/mol.